The second kappa shape index (κ2) is 4.70. The van der Waals surface area contributed by atoms with Gasteiger partial charge in [0.2, 0.25) is 0 Å². The molecular weight excluding hydrogens is 253 g/mol. The largest absolute Gasteiger partial charge is 0.380 e. The molecule has 17 heavy (non-hydrogen) atoms. The summed E-state index contributed by atoms with van der Waals surface area (Å²) in [6, 6.07) is 3.89. The lowest BCUT2D eigenvalue weighted by Crippen LogP contribution is -2.26. The van der Waals surface area contributed by atoms with Crippen LogP contribution in [0.5, 0.6) is 0 Å². The predicted molar refractivity (Wildman–Crippen MR) is 78.5 cm³/mol. The Balaban J connectivity index is 3.19. The van der Waals surface area contributed by atoms with Crippen molar-refractivity contribution in [1.29, 1.82) is 0 Å². The predicted octanol–water partition coefficient (Wildman–Crippen LogP) is 5.50. The topological polar surface area (TPSA) is 12.0 Å². The van der Waals surface area contributed by atoms with Gasteiger partial charge < -0.3 is 5.32 Å². The molecule has 0 aliphatic heterocycles. The number of hydrogen-bond donors (Lipinski definition) is 1. The van der Waals surface area contributed by atoms with Crippen molar-refractivity contribution in [3.63, 3.8) is 0 Å². The van der Waals surface area contributed by atoms with Gasteiger partial charge in [0.05, 0.1) is 0 Å². The number of anilines is 1. The van der Waals surface area contributed by atoms with Crippen LogP contribution in [0.15, 0.2) is 12.1 Å². The molecule has 0 saturated heterocycles. The van der Waals surface area contributed by atoms with Gasteiger partial charge in [-0.25, -0.2) is 0 Å². The van der Waals surface area contributed by atoms with Crippen molar-refractivity contribution in [2.75, 3.05) is 5.32 Å². The number of halogens is 2. The Morgan fingerprint density at radius 2 is 1.29 bits per heavy atom. The first-order valence-corrected chi connectivity index (χ1v) is 6.54. The zero-order chi connectivity index (χ0) is 13.4. The Morgan fingerprint density at radius 3 is 1.59 bits per heavy atom. The molecule has 1 aromatic rings. The maximum atomic E-state index is 6.32. The fourth-order valence-corrected chi connectivity index (χ4v) is 2.85. The van der Waals surface area contributed by atoms with Gasteiger partial charge in [-0.15, -0.1) is 0 Å². The van der Waals surface area contributed by atoms with Crippen LogP contribution in [0.4, 0.5) is 5.69 Å². The molecule has 0 fully saturated rings. The molecule has 0 aromatic heterocycles. The lowest BCUT2D eigenvalue weighted by Gasteiger charge is -2.26. The summed E-state index contributed by atoms with van der Waals surface area (Å²) in [5.41, 5.74) is 1.91. The van der Waals surface area contributed by atoms with E-state index in [0.29, 0.717) is 0 Å². The second-order valence-corrected chi connectivity index (χ2v) is 7.25. The van der Waals surface area contributed by atoms with E-state index < -0.39 is 0 Å². The molecule has 96 valence electrons. The van der Waals surface area contributed by atoms with E-state index in [1.165, 1.54) is 0 Å². The van der Waals surface area contributed by atoms with E-state index in [-0.39, 0.29) is 11.0 Å². The molecule has 0 aliphatic rings. The molecule has 0 bridgehead atoms. The molecule has 0 amide bonds. The van der Waals surface area contributed by atoms with E-state index >= 15 is 0 Å². The fourth-order valence-electron chi connectivity index (χ4n) is 1.79. The molecule has 3 heteroatoms. The normalized spacial score (nSPS) is 12.7. The minimum Gasteiger partial charge on any atom is -0.380 e. The van der Waals surface area contributed by atoms with Crippen LogP contribution in [-0.2, 0) is 5.41 Å². The highest BCUT2D eigenvalue weighted by atomic mass is 35.5. The first-order chi connectivity index (χ1) is 7.50. The number of nitrogens with one attached hydrogen (secondary N) is 1. The third-order valence-corrected chi connectivity index (χ3v) is 2.91. The van der Waals surface area contributed by atoms with E-state index in [1.807, 2.05) is 12.1 Å². The van der Waals surface area contributed by atoms with Gasteiger partial charge in [-0.1, -0.05) is 44.0 Å². The van der Waals surface area contributed by atoms with Crippen LogP contribution >= 0.6 is 23.2 Å². The zero-order valence-electron chi connectivity index (χ0n) is 11.4. The highest BCUT2D eigenvalue weighted by molar-refractivity contribution is 6.36. The first-order valence-electron chi connectivity index (χ1n) is 5.78. The van der Waals surface area contributed by atoms with Crippen molar-refractivity contribution < 1.29 is 0 Å². The van der Waals surface area contributed by atoms with Crippen molar-refractivity contribution in [3.8, 4) is 0 Å². The molecular formula is C14H21Cl2N. The highest BCUT2D eigenvalue weighted by Gasteiger charge is 2.22. The smallest absolute Gasteiger partial charge is 0.0478 e. The molecule has 0 radical (unpaired) electrons. The summed E-state index contributed by atoms with van der Waals surface area (Å²) >= 11 is 12.6. The molecule has 0 atom stereocenters. The third-order valence-electron chi connectivity index (χ3n) is 2.31. The molecule has 1 rings (SSSR count). The summed E-state index contributed by atoms with van der Waals surface area (Å²) in [5.74, 6) is 0. The summed E-state index contributed by atoms with van der Waals surface area (Å²) in [5, 5.41) is 4.81. The molecule has 1 aromatic carbocycles. The number of rotatable bonds is 1. The molecule has 1 N–H and O–H groups in total. The summed E-state index contributed by atoms with van der Waals surface area (Å²) in [4.78, 5) is 0. The zero-order valence-corrected chi connectivity index (χ0v) is 12.9. The maximum Gasteiger partial charge on any atom is 0.0478 e. The van der Waals surface area contributed by atoms with Crippen LogP contribution in [0.25, 0.3) is 0 Å². The molecule has 0 heterocycles. The lowest BCUT2D eigenvalue weighted by atomic mass is 9.86. The Hall–Kier alpha value is -0.400. The van der Waals surface area contributed by atoms with Crippen molar-refractivity contribution in [1.82, 2.24) is 0 Å². The minimum absolute atomic E-state index is 0.00406. The van der Waals surface area contributed by atoms with Crippen molar-refractivity contribution in [2.45, 2.75) is 52.5 Å². The van der Waals surface area contributed by atoms with Crippen molar-refractivity contribution in [3.05, 3.63) is 27.7 Å². The number of hydrogen-bond acceptors (Lipinski definition) is 1. The summed E-state index contributed by atoms with van der Waals surface area (Å²) in [6.07, 6.45) is 0. The SMILES string of the molecule is CC(C)(C)Nc1cc(Cl)c(C(C)(C)C)c(Cl)c1. The Morgan fingerprint density at radius 1 is 0.882 bits per heavy atom. The van der Waals surface area contributed by atoms with Crippen LogP contribution in [0.1, 0.15) is 47.1 Å². The highest BCUT2D eigenvalue weighted by Crippen LogP contribution is 2.38. The first kappa shape index (κ1) is 14.7. The average Bonchev–Trinajstić information content (AvgIpc) is 1.94. The van der Waals surface area contributed by atoms with Crippen LogP contribution in [0, 0.1) is 0 Å². The summed E-state index contributed by atoms with van der Waals surface area (Å²) in [6.45, 7) is 12.6. The van der Waals surface area contributed by atoms with Crippen LogP contribution < -0.4 is 5.32 Å². The molecule has 0 unspecified atom stereocenters. The Bertz CT molecular complexity index is 388. The van der Waals surface area contributed by atoms with Gasteiger partial charge in [0.25, 0.3) is 0 Å². The number of benzene rings is 1. The lowest BCUT2D eigenvalue weighted by molar-refractivity contribution is 0.590. The second-order valence-electron chi connectivity index (χ2n) is 6.44. The minimum atomic E-state index is -0.0472. The monoisotopic (exact) mass is 273 g/mol. The third kappa shape index (κ3) is 4.08. The van der Waals surface area contributed by atoms with Gasteiger partial charge in [0.1, 0.15) is 0 Å². The van der Waals surface area contributed by atoms with E-state index in [1.54, 1.807) is 0 Å². The molecule has 0 spiro atoms. The average molecular weight is 274 g/mol. The van der Waals surface area contributed by atoms with Crippen LogP contribution in [-0.4, -0.2) is 5.54 Å². The van der Waals surface area contributed by atoms with Crippen molar-refractivity contribution in [2.24, 2.45) is 0 Å². The van der Waals surface area contributed by atoms with Gasteiger partial charge in [0.15, 0.2) is 0 Å². The Kier molecular flexibility index (Phi) is 4.05. The van der Waals surface area contributed by atoms with Crippen molar-refractivity contribution >= 4 is 28.9 Å². The fraction of sp³-hybridized carbons (Fsp3) is 0.571. The van der Waals surface area contributed by atoms with Gasteiger partial charge in [-0.2, -0.15) is 0 Å². The Labute approximate surface area is 115 Å². The van der Waals surface area contributed by atoms with Gasteiger partial charge in [0, 0.05) is 21.3 Å². The molecule has 0 aliphatic carbocycles. The van der Waals surface area contributed by atoms with Crippen LogP contribution in [0.3, 0.4) is 0 Å². The van der Waals surface area contributed by atoms with Gasteiger partial charge >= 0.3 is 0 Å². The quantitative estimate of drug-likeness (QED) is 0.712. The van der Waals surface area contributed by atoms with E-state index in [9.17, 15) is 0 Å². The molecule has 0 saturated carbocycles. The maximum absolute atomic E-state index is 6.32. The van der Waals surface area contributed by atoms with E-state index in [2.05, 4.69) is 46.9 Å². The van der Waals surface area contributed by atoms with Gasteiger partial charge in [-0.05, 0) is 43.9 Å². The summed E-state index contributed by atoms with van der Waals surface area (Å²) < 4.78 is 0. The summed E-state index contributed by atoms with van der Waals surface area (Å²) in [7, 11) is 0. The molecule has 1 nitrogen and oxygen atoms in total. The standard InChI is InChI=1S/C14H21Cl2N/c1-13(2,3)12-10(15)7-9(8-11(12)16)17-14(4,5)6/h7-8,17H,1-6H3. The van der Waals surface area contributed by atoms with Crippen LogP contribution in [0.2, 0.25) is 10.0 Å². The van der Waals surface area contributed by atoms with E-state index in [0.717, 1.165) is 21.3 Å². The van der Waals surface area contributed by atoms with E-state index in [4.69, 9.17) is 23.2 Å². The van der Waals surface area contributed by atoms with Gasteiger partial charge in [-0.3, -0.25) is 0 Å².